The molecule has 2 atom stereocenters. The number of imide groups is 1. The molecular formula is C24H37N5O2. The van der Waals surface area contributed by atoms with E-state index in [-0.39, 0.29) is 23.1 Å². The first-order chi connectivity index (χ1) is 14.6. The van der Waals surface area contributed by atoms with Crippen molar-refractivity contribution >= 4 is 17.8 Å². The first-order valence-corrected chi connectivity index (χ1v) is 11.8. The van der Waals surface area contributed by atoms with Gasteiger partial charge in [-0.15, -0.1) is 0 Å². The highest BCUT2D eigenvalue weighted by Gasteiger charge is 2.64. The van der Waals surface area contributed by atoms with Crippen LogP contribution in [-0.2, 0) is 9.59 Å². The van der Waals surface area contributed by atoms with Gasteiger partial charge >= 0.3 is 0 Å². The van der Waals surface area contributed by atoms with Crippen LogP contribution in [0.3, 0.4) is 0 Å². The van der Waals surface area contributed by atoms with Gasteiger partial charge < -0.3 is 4.90 Å². The van der Waals surface area contributed by atoms with Crippen molar-refractivity contribution in [1.29, 1.82) is 0 Å². The number of hydrogen-bond acceptors (Lipinski definition) is 6. The average molecular weight is 428 g/mol. The number of aromatic nitrogens is 2. The number of fused-ring (bicyclic) bond motifs is 2. The van der Waals surface area contributed by atoms with Gasteiger partial charge in [-0.25, -0.2) is 9.97 Å². The van der Waals surface area contributed by atoms with Gasteiger partial charge in [0.25, 0.3) is 0 Å². The van der Waals surface area contributed by atoms with E-state index in [9.17, 15) is 9.59 Å². The largest absolute Gasteiger partial charge is 0.338 e. The minimum atomic E-state index is -0.391. The van der Waals surface area contributed by atoms with Gasteiger partial charge in [-0.2, -0.15) is 0 Å². The van der Waals surface area contributed by atoms with Crippen LogP contribution in [0.4, 0.5) is 5.95 Å². The monoisotopic (exact) mass is 427 g/mol. The van der Waals surface area contributed by atoms with Crippen molar-refractivity contribution in [1.82, 2.24) is 19.8 Å². The smallest absolute Gasteiger partial charge is 0.235 e. The Morgan fingerprint density at radius 3 is 2.23 bits per heavy atom. The summed E-state index contributed by atoms with van der Waals surface area (Å²) in [6.45, 7) is 15.7. The zero-order valence-electron chi connectivity index (χ0n) is 19.8. The van der Waals surface area contributed by atoms with Crippen LogP contribution in [0.5, 0.6) is 0 Å². The number of likely N-dealkylation sites (tertiary alicyclic amines) is 1. The molecule has 4 rings (SSSR count). The highest BCUT2D eigenvalue weighted by Crippen LogP contribution is 2.60. The van der Waals surface area contributed by atoms with Crippen LogP contribution in [0.1, 0.15) is 57.8 Å². The molecule has 1 aromatic rings. The summed E-state index contributed by atoms with van der Waals surface area (Å²) < 4.78 is 0. The Labute approximate surface area is 186 Å². The van der Waals surface area contributed by atoms with Gasteiger partial charge in [0.1, 0.15) is 0 Å². The molecule has 7 heteroatoms. The predicted molar refractivity (Wildman–Crippen MR) is 121 cm³/mol. The van der Waals surface area contributed by atoms with Gasteiger partial charge in [0, 0.05) is 50.0 Å². The van der Waals surface area contributed by atoms with E-state index in [2.05, 4.69) is 40.5 Å². The van der Waals surface area contributed by atoms with E-state index in [1.54, 1.807) is 4.90 Å². The molecule has 170 valence electrons. The number of rotatable bonds is 6. The lowest BCUT2D eigenvalue weighted by Gasteiger charge is -2.47. The predicted octanol–water partition coefficient (Wildman–Crippen LogP) is 2.81. The number of carbonyl (C=O) groups is 2. The maximum absolute atomic E-state index is 13.1. The number of carbonyl (C=O) groups excluding carboxylic acids is 2. The van der Waals surface area contributed by atoms with Gasteiger partial charge in [-0.05, 0) is 57.6 Å². The molecule has 3 aliphatic rings. The second-order valence-corrected chi connectivity index (χ2v) is 10.4. The van der Waals surface area contributed by atoms with E-state index < -0.39 is 5.41 Å². The summed E-state index contributed by atoms with van der Waals surface area (Å²) in [4.78, 5) is 41.5. The standard InChI is InChI=1S/C24H37N5O2/c1-17-16-18(2)26-22(25-17)28-14-12-27(13-15-28)10-6-7-11-29-20(30)19-8-9-24(5,21(29)31)23(19,3)4/h16,19H,6-15H2,1-5H3/t19-,24+/m1/s1. The van der Waals surface area contributed by atoms with E-state index in [4.69, 9.17) is 0 Å². The highest BCUT2D eigenvalue weighted by molar-refractivity contribution is 6.03. The van der Waals surface area contributed by atoms with Crippen LogP contribution in [0, 0.1) is 30.6 Å². The van der Waals surface area contributed by atoms with Crippen molar-refractivity contribution in [3.63, 3.8) is 0 Å². The van der Waals surface area contributed by atoms with Crippen LogP contribution in [0.25, 0.3) is 0 Å². The molecule has 2 aliphatic heterocycles. The average Bonchev–Trinajstić information content (AvgIpc) is 2.90. The molecule has 3 fully saturated rings. The van der Waals surface area contributed by atoms with Crippen molar-refractivity contribution in [2.75, 3.05) is 44.2 Å². The van der Waals surface area contributed by atoms with E-state index in [0.29, 0.717) is 6.54 Å². The third-order valence-electron chi connectivity index (χ3n) is 8.24. The maximum atomic E-state index is 13.1. The second-order valence-electron chi connectivity index (χ2n) is 10.4. The van der Waals surface area contributed by atoms with Crippen LogP contribution in [0.2, 0.25) is 0 Å². The van der Waals surface area contributed by atoms with Gasteiger partial charge in [-0.1, -0.05) is 20.8 Å². The third-order valence-corrected chi connectivity index (χ3v) is 8.24. The highest BCUT2D eigenvalue weighted by atomic mass is 16.2. The molecule has 0 unspecified atom stereocenters. The van der Waals surface area contributed by atoms with Gasteiger partial charge in [0.15, 0.2) is 0 Å². The second kappa shape index (κ2) is 8.15. The summed E-state index contributed by atoms with van der Waals surface area (Å²) in [6, 6.07) is 2.00. The number of aryl methyl sites for hydroxylation is 2. The summed E-state index contributed by atoms with van der Waals surface area (Å²) in [5, 5.41) is 0. The Balaban J connectivity index is 1.23. The van der Waals surface area contributed by atoms with E-state index in [1.807, 2.05) is 19.9 Å². The lowest BCUT2D eigenvalue weighted by Crippen LogP contribution is -2.59. The van der Waals surface area contributed by atoms with Crippen molar-refractivity contribution in [3.05, 3.63) is 17.5 Å². The molecule has 1 aliphatic carbocycles. The van der Waals surface area contributed by atoms with Crippen LogP contribution >= 0.6 is 0 Å². The molecular weight excluding hydrogens is 390 g/mol. The Morgan fingerprint density at radius 2 is 1.58 bits per heavy atom. The summed E-state index contributed by atoms with van der Waals surface area (Å²) >= 11 is 0. The molecule has 2 saturated heterocycles. The first-order valence-electron chi connectivity index (χ1n) is 11.8. The topological polar surface area (TPSA) is 69.6 Å². The Hall–Kier alpha value is -2.02. The van der Waals surface area contributed by atoms with Crippen molar-refractivity contribution in [2.45, 2.75) is 60.3 Å². The van der Waals surface area contributed by atoms with Crippen LogP contribution in [-0.4, -0.2) is 70.9 Å². The fourth-order valence-electron chi connectivity index (χ4n) is 5.74. The number of anilines is 1. The summed E-state index contributed by atoms with van der Waals surface area (Å²) in [5.41, 5.74) is 1.41. The SMILES string of the molecule is Cc1cc(C)nc(N2CCN(CCCCN3C(=O)[C@H]4CC[C@@](C)(C3=O)C4(C)C)CC2)n1. The minimum absolute atomic E-state index is 0.00393. The van der Waals surface area contributed by atoms with Crippen molar-refractivity contribution in [2.24, 2.45) is 16.7 Å². The number of unbranched alkanes of at least 4 members (excludes halogenated alkanes) is 1. The molecule has 0 spiro atoms. The number of piperazine rings is 1. The lowest BCUT2D eigenvalue weighted by molar-refractivity contribution is -0.167. The quantitative estimate of drug-likeness (QED) is 0.514. The van der Waals surface area contributed by atoms with E-state index in [0.717, 1.165) is 75.7 Å². The lowest BCUT2D eigenvalue weighted by atomic mass is 9.62. The van der Waals surface area contributed by atoms with E-state index in [1.165, 1.54) is 0 Å². The van der Waals surface area contributed by atoms with Crippen molar-refractivity contribution < 1.29 is 9.59 Å². The zero-order chi connectivity index (χ0) is 22.4. The summed E-state index contributed by atoms with van der Waals surface area (Å²) in [6.07, 6.45) is 3.56. The number of hydrogen-bond donors (Lipinski definition) is 0. The normalized spacial score (nSPS) is 28.5. The molecule has 0 radical (unpaired) electrons. The fourth-order valence-corrected chi connectivity index (χ4v) is 5.74. The number of piperidine rings is 1. The molecule has 1 aromatic heterocycles. The van der Waals surface area contributed by atoms with Crippen molar-refractivity contribution in [3.8, 4) is 0 Å². The Kier molecular flexibility index (Phi) is 5.83. The van der Waals surface area contributed by atoms with Gasteiger partial charge in [0.05, 0.1) is 5.41 Å². The summed E-state index contributed by atoms with van der Waals surface area (Å²) in [5.74, 6) is 0.950. The molecule has 7 nitrogen and oxygen atoms in total. The Morgan fingerprint density at radius 1 is 0.968 bits per heavy atom. The molecule has 2 amide bonds. The van der Waals surface area contributed by atoms with E-state index >= 15 is 0 Å². The molecule has 0 aromatic carbocycles. The zero-order valence-corrected chi connectivity index (χ0v) is 19.8. The minimum Gasteiger partial charge on any atom is -0.338 e. The molecule has 1 saturated carbocycles. The third kappa shape index (κ3) is 3.86. The molecule has 3 heterocycles. The Bertz CT molecular complexity index is 841. The molecule has 2 bridgehead atoms. The first kappa shape index (κ1) is 22.2. The fraction of sp³-hybridized carbons (Fsp3) is 0.750. The number of nitrogens with zero attached hydrogens (tertiary/aromatic N) is 5. The number of amides is 2. The maximum Gasteiger partial charge on any atom is 0.235 e. The molecule has 0 N–H and O–H groups in total. The molecule has 31 heavy (non-hydrogen) atoms. The van der Waals surface area contributed by atoms with Crippen LogP contribution in [0.15, 0.2) is 6.07 Å². The van der Waals surface area contributed by atoms with Crippen LogP contribution < -0.4 is 4.90 Å². The summed E-state index contributed by atoms with van der Waals surface area (Å²) in [7, 11) is 0. The van der Waals surface area contributed by atoms with Gasteiger partial charge in [0.2, 0.25) is 17.8 Å². The van der Waals surface area contributed by atoms with Gasteiger partial charge in [-0.3, -0.25) is 19.4 Å².